The van der Waals surface area contributed by atoms with Gasteiger partial charge in [0.05, 0.1) is 29.2 Å². The highest BCUT2D eigenvalue weighted by Gasteiger charge is 2.57. The Morgan fingerprint density at radius 1 is 1.22 bits per heavy atom. The SMILES string of the molecule is C[C@]1(C(N)=O)COc2c1cc(C(O)(CNC(=O)c1cc3c(cc1Cl)NC(=O)C3)C(F)(F)F)nc2-c1ccc(F)cc1. The second-order valence-electron chi connectivity index (χ2n) is 9.98. The molecule has 214 valence electrons. The number of aromatic nitrogens is 1. The van der Waals surface area contributed by atoms with Crippen LogP contribution >= 0.6 is 11.6 Å². The third-order valence-electron chi connectivity index (χ3n) is 7.19. The lowest BCUT2D eigenvalue weighted by Gasteiger charge is -2.31. The number of halogens is 5. The van der Waals surface area contributed by atoms with Gasteiger partial charge in [0.2, 0.25) is 17.4 Å². The van der Waals surface area contributed by atoms with Crippen LogP contribution in [0.1, 0.15) is 34.1 Å². The molecule has 3 heterocycles. The summed E-state index contributed by atoms with van der Waals surface area (Å²) in [5.41, 5.74) is -0.302. The van der Waals surface area contributed by atoms with Crippen LogP contribution in [0.2, 0.25) is 5.02 Å². The van der Waals surface area contributed by atoms with Crippen LogP contribution in [-0.2, 0) is 27.0 Å². The fourth-order valence-electron chi connectivity index (χ4n) is 4.66. The molecule has 2 atom stereocenters. The molecule has 0 bridgehead atoms. The van der Waals surface area contributed by atoms with Crippen molar-refractivity contribution in [1.29, 1.82) is 0 Å². The molecule has 1 unspecified atom stereocenters. The molecule has 0 radical (unpaired) electrons. The first-order valence-electron chi connectivity index (χ1n) is 12.1. The lowest BCUT2D eigenvalue weighted by molar-refractivity contribution is -0.265. The van der Waals surface area contributed by atoms with Gasteiger partial charge in [0.15, 0.2) is 0 Å². The average molecular weight is 593 g/mol. The van der Waals surface area contributed by atoms with Gasteiger partial charge in [0.25, 0.3) is 5.91 Å². The van der Waals surface area contributed by atoms with Gasteiger partial charge in [-0.25, -0.2) is 9.37 Å². The van der Waals surface area contributed by atoms with Crippen molar-refractivity contribution in [3.05, 3.63) is 75.7 Å². The number of aliphatic hydroxyl groups is 1. The Balaban J connectivity index is 1.58. The van der Waals surface area contributed by atoms with Crippen LogP contribution < -0.4 is 21.1 Å². The summed E-state index contributed by atoms with van der Waals surface area (Å²) >= 11 is 6.14. The molecule has 3 aromatic rings. The van der Waals surface area contributed by atoms with Gasteiger partial charge in [-0.05, 0) is 55.0 Å². The quantitative estimate of drug-likeness (QED) is 0.323. The van der Waals surface area contributed by atoms with Gasteiger partial charge < -0.3 is 26.2 Å². The number of alkyl halides is 3. The number of hydrogen-bond acceptors (Lipinski definition) is 6. The molecule has 41 heavy (non-hydrogen) atoms. The van der Waals surface area contributed by atoms with Crippen molar-refractivity contribution in [3.63, 3.8) is 0 Å². The van der Waals surface area contributed by atoms with Crippen molar-refractivity contribution in [2.45, 2.75) is 30.5 Å². The van der Waals surface area contributed by atoms with Crippen molar-refractivity contribution in [1.82, 2.24) is 10.3 Å². The zero-order valence-electron chi connectivity index (χ0n) is 21.2. The largest absolute Gasteiger partial charge is 0.489 e. The Labute approximate surface area is 234 Å². The Bertz CT molecular complexity index is 1610. The predicted molar refractivity (Wildman–Crippen MR) is 138 cm³/mol. The Morgan fingerprint density at radius 2 is 1.90 bits per heavy atom. The number of carbonyl (C=O) groups is 3. The van der Waals surface area contributed by atoms with Crippen LogP contribution in [0.25, 0.3) is 11.3 Å². The summed E-state index contributed by atoms with van der Waals surface area (Å²) in [6.07, 6.45) is -5.44. The molecule has 0 saturated carbocycles. The zero-order valence-corrected chi connectivity index (χ0v) is 21.9. The fraction of sp³-hybridized carbons (Fsp3) is 0.259. The van der Waals surface area contributed by atoms with Gasteiger partial charge in [-0.15, -0.1) is 0 Å². The van der Waals surface area contributed by atoms with E-state index in [-0.39, 0.29) is 52.1 Å². The van der Waals surface area contributed by atoms with Crippen LogP contribution in [0.15, 0.2) is 42.5 Å². The Morgan fingerprint density at radius 3 is 2.54 bits per heavy atom. The van der Waals surface area contributed by atoms with E-state index in [2.05, 4.69) is 15.6 Å². The van der Waals surface area contributed by atoms with Crippen molar-refractivity contribution in [2.75, 3.05) is 18.5 Å². The van der Waals surface area contributed by atoms with Crippen LogP contribution in [-0.4, -0.2) is 47.1 Å². The third-order valence-corrected chi connectivity index (χ3v) is 7.51. The molecule has 0 fully saturated rings. The molecule has 14 heteroatoms. The first-order valence-corrected chi connectivity index (χ1v) is 12.5. The summed E-state index contributed by atoms with van der Waals surface area (Å²) in [6.45, 7) is -0.349. The van der Waals surface area contributed by atoms with E-state index in [1.165, 1.54) is 31.2 Å². The average Bonchev–Trinajstić information content (AvgIpc) is 3.45. The topological polar surface area (TPSA) is 144 Å². The number of nitrogens with one attached hydrogen (secondary N) is 2. The monoisotopic (exact) mass is 592 g/mol. The van der Waals surface area contributed by atoms with Crippen LogP contribution in [0.3, 0.4) is 0 Å². The highest BCUT2D eigenvalue weighted by atomic mass is 35.5. The summed E-state index contributed by atoms with van der Waals surface area (Å²) in [4.78, 5) is 41.0. The van der Waals surface area contributed by atoms with E-state index in [9.17, 15) is 37.1 Å². The van der Waals surface area contributed by atoms with Crippen molar-refractivity contribution >= 4 is 35.0 Å². The van der Waals surface area contributed by atoms with Crippen LogP contribution in [0, 0.1) is 5.82 Å². The molecule has 2 aliphatic heterocycles. The lowest BCUT2D eigenvalue weighted by Crippen LogP contribution is -2.52. The van der Waals surface area contributed by atoms with E-state index in [0.29, 0.717) is 11.3 Å². The molecule has 9 nitrogen and oxygen atoms in total. The first-order chi connectivity index (χ1) is 19.1. The summed E-state index contributed by atoms with van der Waals surface area (Å²) < 4.78 is 62.9. The number of benzene rings is 2. The van der Waals surface area contributed by atoms with Crippen molar-refractivity contribution < 1.29 is 41.8 Å². The van der Waals surface area contributed by atoms with E-state index in [4.69, 9.17) is 22.1 Å². The van der Waals surface area contributed by atoms with E-state index in [0.717, 1.165) is 18.2 Å². The number of nitrogens with zero attached hydrogens (tertiary/aromatic N) is 1. The van der Waals surface area contributed by atoms with Gasteiger partial charge in [0, 0.05) is 16.8 Å². The van der Waals surface area contributed by atoms with E-state index < -0.39 is 47.1 Å². The van der Waals surface area contributed by atoms with E-state index >= 15 is 0 Å². The number of amides is 3. The molecular weight excluding hydrogens is 572 g/mol. The molecule has 1 aromatic heterocycles. The van der Waals surface area contributed by atoms with Crippen LogP contribution in [0.4, 0.5) is 23.2 Å². The highest BCUT2D eigenvalue weighted by molar-refractivity contribution is 6.34. The molecule has 0 spiro atoms. The number of rotatable bonds is 6. The minimum absolute atomic E-state index is 0.0504. The van der Waals surface area contributed by atoms with Crippen molar-refractivity contribution in [3.8, 4) is 17.0 Å². The number of pyridine rings is 1. The maximum absolute atomic E-state index is 14.5. The molecule has 5 N–H and O–H groups in total. The number of fused-ring (bicyclic) bond motifs is 2. The number of carbonyl (C=O) groups excluding carboxylic acids is 3. The molecule has 0 saturated heterocycles. The normalized spacial score (nSPS) is 19.0. The fourth-order valence-corrected chi connectivity index (χ4v) is 4.91. The minimum Gasteiger partial charge on any atom is -0.489 e. The lowest BCUT2D eigenvalue weighted by atomic mass is 9.81. The Kier molecular flexibility index (Phi) is 6.70. The molecule has 2 aromatic carbocycles. The smallest absolute Gasteiger partial charge is 0.424 e. The number of ether oxygens (including phenoxy) is 1. The summed E-state index contributed by atoms with van der Waals surface area (Å²) in [5, 5.41) is 15.6. The highest BCUT2D eigenvalue weighted by Crippen LogP contribution is 2.47. The summed E-state index contributed by atoms with van der Waals surface area (Å²) in [6, 6.07) is 8.03. The minimum atomic E-state index is -5.39. The number of nitrogens with two attached hydrogens (primary N) is 1. The first kappa shape index (κ1) is 28.3. The van der Waals surface area contributed by atoms with E-state index in [1.54, 1.807) is 0 Å². The molecule has 5 rings (SSSR count). The van der Waals surface area contributed by atoms with Crippen LogP contribution in [0.5, 0.6) is 5.75 Å². The Hall–Kier alpha value is -4.23. The standard InChI is InChI=1S/C27H21ClF4N4O5/c1-25(24(33)39)11-41-22-16(25)8-19(36-21(22)12-2-4-14(29)5-3-12)26(40,27(30,31)32)10-34-23(38)15-6-13-7-20(37)35-18(13)9-17(15)28/h2-6,8-9,40H,7,10-11H2,1H3,(H2,33,39)(H,34,38)(H,35,37)/t25-,26?/m0/s1. The van der Waals surface area contributed by atoms with Gasteiger partial charge in [-0.1, -0.05) is 11.6 Å². The second-order valence-corrected chi connectivity index (χ2v) is 10.4. The number of primary amides is 1. The second kappa shape index (κ2) is 9.70. The van der Waals surface area contributed by atoms with E-state index in [1.807, 2.05) is 0 Å². The summed E-state index contributed by atoms with van der Waals surface area (Å²) in [7, 11) is 0. The maximum atomic E-state index is 14.5. The van der Waals surface area contributed by atoms with Crippen molar-refractivity contribution in [2.24, 2.45) is 5.73 Å². The van der Waals surface area contributed by atoms with Gasteiger partial charge in [0.1, 0.15) is 29.3 Å². The number of hydrogen-bond donors (Lipinski definition) is 4. The molecule has 3 amide bonds. The van der Waals surface area contributed by atoms with Gasteiger partial charge >= 0.3 is 6.18 Å². The molecule has 2 aliphatic rings. The van der Waals surface area contributed by atoms with Gasteiger partial charge in [-0.2, -0.15) is 13.2 Å². The number of anilines is 1. The molecule has 0 aliphatic carbocycles. The molecular formula is C27H21ClF4N4O5. The van der Waals surface area contributed by atoms with Gasteiger partial charge in [-0.3, -0.25) is 14.4 Å². The summed E-state index contributed by atoms with van der Waals surface area (Å²) in [5.74, 6) is -2.97. The zero-order chi connectivity index (χ0) is 29.9. The third kappa shape index (κ3) is 4.74. The maximum Gasteiger partial charge on any atom is 0.424 e. The predicted octanol–water partition coefficient (Wildman–Crippen LogP) is 3.35.